The van der Waals surface area contributed by atoms with Gasteiger partial charge < -0.3 is 29.9 Å². The second-order valence-electron chi connectivity index (χ2n) is 2.92. The lowest BCUT2D eigenvalue weighted by molar-refractivity contribution is -0.176. The predicted octanol–water partition coefficient (Wildman–Crippen LogP) is -3.22. The highest BCUT2D eigenvalue weighted by Gasteiger charge is 2.38. The highest BCUT2D eigenvalue weighted by atomic mass is 16.5. The van der Waals surface area contributed by atoms with Crippen LogP contribution in [0.1, 0.15) is 0 Å². The summed E-state index contributed by atoms with van der Waals surface area (Å²) in [5.74, 6) is -2.41. The Hall–Kier alpha value is -1.22. The molecule has 0 rings (SSSR count). The average Bonchev–Trinajstić information content (AvgIpc) is 2.32. The fourth-order valence-electron chi connectivity index (χ4n) is 0.894. The zero-order chi connectivity index (χ0) is 12.9. The van der Waals surface area contributed by atoms with Gasteiger partial charge in [0.05, 0.1) is 14.2 Å². The molecule has 4 atom stereocenters. The van der Waals surface area contributed by atoms with Gasteiger partial charge in [0, 0.05) is 0 Å². The quantitative estimate of drug-likeness (QED) is 0.367. The number of esters is 2. The minimum absolute atomic E-state index is 0.960. The van der Waals surface area contributed by atoms with E-state index in [2.05, 4.69) is 9.47 Å². The number of rotatable bonds is 5. The molecule has 0 amide bonds. The Bertz CT molecular complexity index is 226. The number of methoxy groups -OCH3 is 2. The van der Waals surface area contributed by atoms with E-state index in [9.17, 15) is 19.8 Å². The third kappa shape index (κ3) is 3.42. The van der Waals surface area contributed by atoms with Crippen LogP contribution in [0.5, 0.6) is 0 Å². The van der Waals surface area contributed by atoms with Crippen molar-refractivity contribution in [1.82, 2.24) is 0 Å². The third-order valence-corrected chi connectivity index (χ3v) is 1.88. The molecule has 0 unspecified atom stereocenters. The van der Waals surface area contributed by atoms with Crippen molar-refractivity contribution in [2.45, 2.75) is 24.4 Å². The van der Waals surface area contributed by atoms with Crippen molar-refractivity contribution >= 4 is 11.9 Å². The maximum atomic E-state index is 10.8. The van der Waals surface area contributed by atoms with Gasteiger partial charge in [0.2, 0.25) is 0 Å². The van der Waals surface area contributed by atoms with E-state index >= 15 is 0 Å². The van der Waals surface area contributed by atoms with Crippen LogP contribution in [-0.4, -0.2) is 71.0 Å². The maximum Gasteiger partial charge on any atom is 0.337 e. The summed E-state index contributed by atoms with van der Waals surface area (Å²) in [6.07, 6.45) is -8.28. The minimum atomic E-state index is -2.07. The first-order chi connectivity index (χ1) is 7.36. The summed E-state index contributed by atoms with van der Waals surface area (Å²) in [7, 11) is 1.92. The fraction of sp³-hybridized carbons (Fsp3) is 0.750. The number of aliphatic hydroxyl groups excluding tert-OH is 4. The van der Waals surface area contributed by atoms with Crippen molar-refractivity contribution < 1.29 is 39.5 Å². The third-order valence-electron chi connectivity index (χ3n) is 1.88. The normalized spacial score (nSPS) is 18.1. The van der Waals surface area contributed by atoms with Gasteiger partial charge in [-0.2, -0.15) is 0 Å². The fourth-order valence-corrected chi connectivity index (χ4v) is 0.894. The predicted molar refractivity (Wildman–Crippen MR) is 48.1 cm³/mol. The number of ether oxygens (including phenoxy) is 2. The monoisotopic (exact) mass is 238 g/mol. The molecule has 0 aromatic carbocycles. The van der Waals surface area contributed by atoms with Gasteiger partial charge in [-0.1, -0.05) is 0 Å². The van der Waals surface area contributed by atoms with Gasteiger partial charge in [-0.3, -0.25) is 0 Å². The average molecular weight is 238 g/mol. The zero-order valence-electron chi connectivity index (χ0n) is 8.73. The van der Waals surface area contributed by atoms with Crippen LogP contribution in [0.15, 0.2) is 0 Å². The molecule has 0 fully saturated rings. The summed E-state index contributed by atoms with van der Waals surface area (Å²) in [6, 6.07) is 0. The molecule has 0 radical (unpaired) electrons. The van der Waals surface area contributed by atoms with Gasteiger partial charge in [0.1, 0.15) is 12.2 Å². The summed E-state index contributed by atoms with van der Waals surface area (Å²) in [5.41, 5.74) is 0. The number of aliphatic hydroxyl groups is 4. The lowest BCUT2D eigenvalue weighted by atomic mass is 10.0. The molecule has 94 valence electrons. The van der Waals surface area contributed by atoms with E-state index in [1.54, 1.807) is 0 Å². The first kappa shape index (κ1) is 14.8. The van der Waals surface area contributed by atoms with Crippen LogP contribution in [0.4, 0.5) is 0 Å². The molecular weight excluding hydrogens is 224 g/mol. The van der Waals surface area contributed by atoms with E-state index < -0.39 is 36.4 Å². The summed E-state index contributed by atoms with van der Waals surface area (Å²) >= 11 is 0. The lowest BCUT2D eigenvalue weighted by Crippen LogP contribution is -2.50. The van der Waals surface area contributed by atoms with E-state index in [1.807, 2.05) is 0 Å². The number of carbonyl (C=O) groups excluding carboxylic acids is 2. The molecule has 0 aromatic rings. The minimum Gasteiger partial charge on any atom is -0.467 e. The van der Waals surface area contributed by atoms with Crippen LogP contribution in [0, 0.1) is 0 Å². The largest absolute Gasteiger partial charge is 0.467 e. The van der Waals surface area contributed by atoms with Gasteiger partial charge in [-0.15, -0.1) is 0 Å². The molecule has 8 heteroatoms. The molecule has 4 N–H and O–H groups in total. The van der Waals surface area contributed by atoms with E-state index in [1.165, 1.54) is 0 Å². The Morgan fingerprint density at radius 1 is 0.812 bits per heavy atom. The van der Waals surface area contributed by atoms with E-state index in [0.29, 0.717) is 0 Å². The van der Waals surface area contributed by atoms with Crippen LogP contribution in [-0.2, 0) is 19.1 Å². The second-order valence-corrected chi connectivity index (χ2v) is 2.92. The van der Waals surface area contributed by atoms with Crippen molar-refractivity contribution in [2.24, 2.45) is 0 Å². The molecule has 0 saturated heterocycles. The number of hydrogen-bond acceptors (Lipinski definition) is 8. The Kier molecular flexibility index (Phi) is 5.89. The van der Waals surface area contributed by atoms with E-state index in [-0.39, 0.29) is 0 Å². The molecule has 0 aliphatic heterocycles. The SMILES string of the molecule is COC(=O)[C@@H](O)[C@H](O)[C@@H](O)[C@@H](O)C(=O)OC. The zero-order valence-corrected chi connectivity index (χ0v) is 8.73. The van der Waals surface area contributed by atoms with Crippen molar-refractivity contribution in [3.63, 3.8) is 0 Å². The molecule has 0 saturated carbocycles. The Morgan fingerprint density at radius 3 is 1.25 bits per heavy atom. The van der Waals surface area contributed by atoms with Gasteiger partial charge in [-0.05, 0) is 0 Å². The van der Waals surface area contributed by atoms with Gasteiger partial charge in [0.25, 0.3) is 0 Å². The highest BCUT2D eigenvalue weighted by Crippen LogP contribution is 2.07. The standard InChI is InChI=1S/C8H14O8/c1-15-7(13)5(11)3(9)4(10)6(12)8(14)16-2/h3-6,9-12H,1-2H3/t3-,4-,5-,6+/m1/s1. The van der Waals surface area contributed by atoms with E-state index in [4.69, 9.17) is 10.2 Å². The molecular formula is C8H14O8. The summed E-state index contributed by atoms with van der Waals surface area (Å²) in [6.45, 7) is 0. The van der Waals surface area contributed by atoms with Gasteiger partial charge in [0.15, 0.2) is 12.2 Å². The summed E-state index contributed by atoms with van der Waals surface area (Å²) in [4.78, 5) is 21.6. The van der Waals surface area contributed by atoms with Gasteiger partial charge >= 0.3 is 11.9 Å². The number of hydrogen-bond donors (Lipinski definition) is 4. The molecule has 16 heavy (non-hydrogen) atoms. The summed E-state index contributed by atoms with van der Waals surface area (Å²) in [5, 5.41) is 36.7. The number of carbonyl (C=O) groups is 2. The van der Waals surface area contributed by atoms with Crippen LogP contribution in [0.2, 0.25) is 0 Å². The second kappa shape index (κ2) is 6.38. The molecule has 0 heterocycles. The van der Waals surface area contributed by atoms with Crippen LogP contribution in [0.3, 0.4) is 0 Å². The highest BCUT2D eigenvalue weighted by molar-refractivity contribution is 5.77. The molecule has 0 aliphatic carbocycles. The lowest BCUT2D eigenvalue weighted by Gasteiger charge is -2.23. The molecule has 0 spiro atoms. The van der Waals surface area contributed by atoms with Crippen LogP contribution in [0.25, 0.3) is 0 Å². The molecule has 0 bridgehead atoms. The van der Waals surface area contributed by atoms with Crippen LogP contribution >= 0.6 is 0 Å². The van der Waals surface area contributed by atoms with Crippen molar-refractivity contribution in [3.05, 3.63) is 0 Å². The van der Waals surface area contributed by atoms with Crippen molar-refractivity contribution in [2.75, 3.05) is 14.2 Å². The Balaban J connectivity index is 4.54. The molecule has 0 aromatic heterocycles. The maximum absolute atomic E-state index is 10.8. The molecule has 0 aliphatic rings. The summed E-state index contributed by atoms with van der Waals surface area (Å²) < 4.78 is 8.18. The molecule has 8 nitrogen and oxygen atoms in total. The van der Waals surface area contributed by atoms with Crippen LogP contribution < -0.4 is 0 Å². The first-order valence-corrected chi connectivity index (χ1v) is 4.24. The van der Waals surface area contributed by atoms with Crippen molar-refractivity contribution in [1.29, 1.82) is 0 Å². The Labute approximate surface area is 91.0 Å². The Morgan fingerprint density at radius 2 is 1.06 bits per heavy atom. The topological polar surface area (TPSA) is 134 Å². The smallest absolute Gasteiger partial charge is 0.337 e. The van der Waals surface area contributed by atoms with E-state index in [0.717, 1.165) is 14.2 Å². The van der Waals surface area contributed by atoms with Gasteiger partial charge in [-0.25, -0.2) is 9.59 Å². The van der Waals surface area contributed by atoms with Crippen molar-refractivity contribution in [3.8, 4) is 0 Å². The first-order valence-electron chi connectivity index (χ1n) is 4.24.